The van der Waals surface area contributed by atoms with Crippen molar-refractivity contribution in [3.8, 4) is 0 Å². The average molecular weight is 630 g/mol. The third-order valence-electron chi connectivity index (χ3n) is 8.05. The second kappa shape index (κ2) is 13.7. The number of carbonyl (C=O) groups is 2. The van der Waals surface area contributed by atoms with Gasteiger partial charge in [0.2, 0.25) is 0 Å². The molecule has 0 bridgehead atoms. The number of rotatable bonds is 12. The van der Waals surface area contributed by atoms with E-state index in [4.69, 9.17) is 11.6 Å². The van der Waals surface area contributed by atoms with E-state index >= 15 is 0 Å². The molecule has 0 saturated heterocycles. The van der Waals surface area contributed by atoms with Gasteiger partial charge in [0.15, 0.2) is 5.60 Å². The van der Waals surface area contributed by atoms with Gasteiger partial charge in [0, 0.05) is 34.9 Å². The Bertz CT molecular complexity index is 1690. The van der Waals surface area contributed by atoms with Crippen molar-refractivity contribution in [3.05, 3.63) is 119 Å². The Morgan fingerprint density at radius 2 is 1.87 bits per heavy atom. The van der Waals surface area contributed by atoms with Crippen LogP contribution in [-0.4, -0.2) is 54.8 Å². The molecule has 0 saturated carbocycles. The number of amides is 2. The monoisotopic (exact) mass is 629 g/mol. The molecule has 3 aromatic carbocycles. The second-order valence-corrected chi connectivity index (χ2v) is 11.7. The summed E-state index contributed by atoms with van der Waals surface area (Å²) in [6.45, 7) is 3.75. The minimum Gasteiger partial charge on any atom is -0.395 e. The first-order valence-electron chi connectivity index (χ1n) is 14.8. The van der Waals surface area contributed by atoms with Crippen LogP contribution in [0.4, 0.5) is 11.4 Å². The number of hydrogen-bond acceptors (Lipinski definition) is 7. The molecule has 4 N–H and O–H groups in total. The zero-order valence-corrected chi connectivity index (χ0v) is 25.8. The number of benzene rings is 3. The Morgan fingerprint density at radius 1 is 1.09 bits per heavy atom. The highest BCUT2D eigenvalue weighted by Crippen LogP contribution is 2.46. The predicted octanol–water partition coefficient (Wildman–Crippen LogP) is 4.39. The molecular formula is C34H36ClN5O5. The van der Waals surface area contributed by atoms with Crippen LogP contribution in [0.5, 0.6) is 0 Å². The van der Waals surface area contributed by atoms with Gasteiger partial charge in [0.25, 0.3) is 11.8 Å². The lowest BCUT2D eigenvalue weighted by Gasteiger charge is -2.27. The molecule has 1 aliphatic rings. The Labute approximate surface area is 266 Å². The molecule has 11 heteroatoms. The Balaban J connectivity index is 1.29. The van der Waals surface area contributed by atoms with Crippen molar-refractivity contribution in [1.29, 1.82) is 0 Å². The smallest absolute Gasteiger partial charge is 0.264 e. The van der Waals surface area contributed by atoms with Crippen LogP contribution >= 0.6 is 11.6 Å². The molecule has 1 unspecified atom stereocenters. The van der Waals surface area contributed by atoms with E-state index in [1.54, 1.807) is 48.0 Å². The SMILES string of the molecule is C[C@H](O)C(=O)Nc1cccc(CN2C(=O)[C@@](O)([C@@H](C)/C=C/CCn3cc(C(CO)c4ccccc4)nn3)c3cc(Cl)ccc32)c1. The maximum atomic E-state index is 13.9. The summed E-state index contributed by atoms with van der Waals surface area (Å²) in [6, 6.07) is 21.7. The molecule has 2 amide bonds. The lowest BCUT2D eigenvalue weighted by molar-refractivity contribution is -0.139. The number of aliphatic hydroxyl groups excluding tert-OH is 2. The number of nitrogens with zero attached hydrogens (tertiary/aromatic N) is 4. The lowest BCUT2D eigenvalue weighted by atomic mass is 9.83. The molecule has 4 atom stereocenters. The Hall–Kier alpha value is -4.35. The highest BCUT2D eigenvalue weighted by atomic mass is 35.5. The summed E-state index contributed by atoms with van der Waals surface area (Å²) in [6.07, 6.45) is 4.95. The minimum atomic E-state index is -1.85. The third-order valence-corrected chi connectivity index (χ3v) is 8.29. The number of aromatic nitrogens is 3. The van der Waals surface area contributed by atoms with Crippen molar-refractivity contribution >= 4 is 34.8 Å². The fraction of sp³-hybridized carbons (Fsp3) is 0.294. The standard InChI is InChI=1S/C34H36ClN5O5/c1-22(9-6-7-16-39-20-30(37-38-39)28(21-41)25-11-4-3-5-12-25)34(45)29-18-26(35)14-15-31(29)40(33(34)44)19-24-10-8-13-27(17-24)36-32(43)23(2)42/h3-6,8-15,17-18,20,22-23,28,41-42,45H,7,16,19,21H2,1-2H3,(H,36,43)/b9-6+/t22-,23-,28?,34+/m0/s1. The quantitative estimate of drug-likeness (QED) is 0.170. The summed E-state index contributed by atoms with van der Waals surface area (Å²) >= 11 is 6.32. The number of aryl methyl sites for hydroxylation is 1. The van der Waals surface area contributed by atoms with Crippen molar-refractivity contribution in [1.82, 2.24) is 15.0 Å². The topological polar surface area (TPSA) is 141 Å². The van der Waals surface area contributed by atoms with Crippen LogP contribution in [0.15, 0.2) is 91.1 Å². The van der Waals surface area contributed by atoms with Gasteiger partial charge in [-0.3, -0.25) is 14.3 Å². The van der Waals surface area contributed by atoms with E-state index in [0.29, 0.717) is 40.6 Å². The molecule has 1 aromatic heterocycles. The van der Waals surface area contributed by atoms with E-state index in [0.717, 1.165) is 11.1 Å². The van der Waals surface area contributed by atoms with Gasteiger partial charge in [-0.15, -0.1) is 5.10 Å². The summed E-state index contributed by atoms with van der Waals surface area (Å²) < 4.78 is 1.71. The first kappa shape index (κ1) is 32.1. The third kappa shape index (κ3) is 6.84. The van der Waals surface area contributed by atoms with Crippen molar-refractivity contribution in [2.75, 3.05) is 16.8 Å². The molecular weight excluding hydrogens is 594 g/mol. The molecule has 0 fully saturated rings. The molecule has 2 heterocycles. The number of hydrogen-bond donors (Lipinski definition) is 4. The highest BCUT2D eigenvalue weighted by molar-refractivity contribution is 6.31. The summed E-state index contributed by atoms with van der Waals surface area (Å²) in [7, 11) is 0. The number of fused-ring (bicyclic) bond motifs is 1. The van der Waals surface area contributed by atoms with E-state index in [2.05, 4.69) is 15.6 Å². The minimum absolute atomic E-state index is 0.0831. The van der Waals surface area contributed by atoms with Crippen LogP contribution < -0.4 is 10.2 Å². The van der Waals surface area contributed by atoms with Crippen molar-refractivity contribution in [3.63, 3.8) is 0 Å². The van der Waals surface area contributed by atoms with Crippen LogP contribution in [0.25, 0.3) is 0 Å². The van der Waals surface area contributed by atoms with Crippen LogP contribution in [0.1, 0.15) is 48.6 Å². The van der Waals surface area contributed by atoms with Gasteiger partial charge in [-0.2, -0.15) is 0 Å². The molecule has 0 spiro atoms. The largest absolute Gasteiger partial charge is 0.395 e. The van der Waals surface area contributed by atoms with E-state index < -0.39 is 29.4 Å². The van der Waals surface area contributed by atoms with Gasteiger partial charge >= 0.3 is 0 Å². The number of carbonyl (C=O) groups excluding carboxylic acids is 2. The molecule has 1 aliphatic heterocycles. The summed E-state index contributed by atoms with van der Waals surface area (Å²) in [5, 5.41) is 43.0. The van der Waals surface area contributed by atoms with Gasteiger partial charge in [-0.05, 0) is 54.8 Å². The molecule has 0 radical (unpaired) electrons. The number of nitrogens with one attached hydrogen (secondary N) is 1. The zero-order valence-electron chi connectivity index (χ0n) is 25.0. The van der Waals surface area contributed by atoms with E-state index in [1.807, 2.05) is 54.7 Å². The normalized spacial score (nSPS) is 18.2. The van der Waals surface area contributed by atoms with Crippen LogP contribution in [0, 0.1) is 5.92 Å². The summed E-state index contributed by atoms with van der Waals surface area (Å²) in [4.78, 5) is 27.4. The van der Waals surface area contributed by atoms with Crippen LogP contribution in [-0.2, 0) is 28.3 Å². The lowest BCUT2D eigenvalue weighted by Crippen LogP contribution is -2.44. The first-order chi connectivity index (χ1) is 21.6. The fourth-order valence-corrected chi connectivity index (χ4v) is 5.71. The molecule has 5 rings (SSSR count). The van der Waals surface area contributed by atoms with E-state index in [1.165, 1.54) is 11.8 Å². The van der Waals surface area contributed by atoms with Gasteiger partial charge in [-0.1, -0.05) is 78.4 Å². The summed E-state index contributed by atoms with van der Waals surface area (Å²) in [5.41, 5.74) is 1.98. The van der Waals surface area contributed by atoms with Crippen molar-refractivity contribution in [2.45, 2.75) is 51.0 Å². The van der Waals surface area contributed by atoms with Gasteiger partial charge < -0.3 is 25.5 Å². The summed E-state index contributed by atoms with van der Waals surface area (Å²) in [5.74, 6) is -1.87. The first-order valence-corrected chi connectivity index (χ1v) is 15.1. The average Bonchev–Trinajstić information content (AvgIpc) is 3.57. The number of aliphatic hydroxyl groups is 3. The van der Waals surface area contributed by atoms with Crippen LogP contribution in [0.2, 0.25) is 5.02 Å². The fourth-order valence-electron chi connectivity index (χ4n) is 5.54. The van der Waals surface area contributed by atoms with Crippen LogP contribution in [0.3, 0.4) is 0 Å². The zero-order chi connectivity index (χ0) is 32.1. The number of anilines is 2. The predicted molar refractivity (Wildman–Crippen MR) is 172 cm³/mol. The van der Waals surface area contributed by atoms with E-state index in [9.17, 15) is 24.9 Å². The maximum Gasteiger partial charge on any atom is 0.264 e. The van der Waals surface area contributed by atoms with Crippen molar-refractivity contribution in [2.24, 2.45) is 5.92 Å². The van der Waals surface area contributed by atoms with E-state index in [-0.39, 0.29) is 19.1 Å². The van der Waals surface area contributed by atoms with Crippen molar-refractivity contribution < 1.29 is 24.9 Å². The molecule has 234 valence electrons. The Kier molecular flexibility index (Phi) is 9.79. The Morgan fingerprint density at radius 3 is 2.60 bits per heavy atom. The molecule has 10 nitrogen and oxygen atoms in total. The number of allylic oxidation sites excluding steroid dienone is 1. The van der Waals surface area contributed by atoms with Gasteiger partial charge in [-0.25, -0.2) is 0 Å². The molecule has 0 aliphatic carbocycles. The molecule has 4 aromatic rings. The highest BCUT2D eigenvalue weighted by Gasteiger charge is 2.52. The number of halogens is 1. The molecule has 45 heavy (non-hydrogen) atoms. The maximum absolute atomic E-state index is 13.9. The second-order valence-electron chi connectivity index (χ2n) is 11.2. The van der Waals surface area contributed by atoms with Gasteiger partial charge in [0.1, 0.15) is 6.10 Å². The van der Waals surface area contributed by atoms with Gasteiger partial charge in [0.05, 0.1) is 30.5 Å².